The second-order valence-corrected chi connectivity index (χ2v) is 3.49. The van der Waals surface area contributed by atoms with Crippen molar-refractivity contribution < 1.29 is 0 Å². The summed E-state index contributed by atoms with van der Waals surface area (Å²) in [5, 5.41) is 3.12. The van der Waals surface area contributed by atoms with Crippen molar-refractivity contribution in [2.24, 2.45) is 5.73 Å². The lowest BCUT2D eigenvalue weighted by Crippen LogP contribution is -2.40. The minimum absolute atomic E-state index is 0.786. The summed E-state index contributed by atoms with van der Waals surface area (Å²) < 4.78 is 0. The fraction of sp³-hybridized carbons (Fsp3) is 0.273. The average Bonchev–Trinajstić information content (AvgIpc) is 2.23. The molecular weight excluding hydrogens is 174 g/mol. The average molecular weight is 189 g/mol. The van der Waals surface area contributed by atoms with Crippen molar-refractivity contribution in [1.29, 1.82) is 0 Å². The van der Waals surface area contributed by atoms with Crippen LogP contribution in [0.4, 0.5) is 0 Å². The van der Waals surface area contributed by atoms with Crippen LogP contribution in [0, 0.1) is 0 Å². The summed E-state index contributed by atoms with van der Waals surface area (Å²) in [4.78, 5) is 2.30. The first-order chi connectivity index (χ1) is 6.84. The Hall–Kier alpha value is -1.48. The summed E-state index contributed by atoms with van der Waals surface area (Å²) in [5.74, 6) is 0.786. The summed E-state index contributed by atoms with van der Waals surface area (Å²) in [5.41, 5.74) is 6.95. The summed E-state index contributed by atoms with van der Waals surface area (Å²) in [6, 6.07) is 10.5. The highest BCUT2D eigenvalue weighted by atomic mass is 15.3. The largest absolute Gasteiger partial charge is 0.386 e. The maximum atomic E-state index is 5.61. The van der Waals surface area contributed by atoms with E-state index in [4.69, 9.17) is 5.73 Å². The lowest BCUT2D eigenvalue weighted by atomic mass is 10.2. The standard InChI is InChI=1S/C11H15N3/c12-11-6-7-14(9-13-11)8-10-4-2-1-3-5-10/h1-6,13H,7-9,12H2. The quantitative estimate of drug-likeness (QED) is 0.724. The van der Waals surface area contributed by atoms with Gasteiger partial charge in [-0.15, -0.1) is 0 Å². The SMILES string of the molecule is NC1=CCN(Cc2ccccc2)CN1. The van der Waals surface area contributed by atoms with Gasteiger partial charge in [0.05, 0.1) is 12.5 Å². The van der Waals surface area contributed by atoms with Gasteiger partial charge in [-0.1, -0.05) is 30.3 Å². The number of rotatable bonds is 2. The Morgan fingerprint density at radius 3 is 2.71 bits per heavy atom. The topological polar surface area (TPSA) is 41.3 Å². The number of hydrogen-bond donors (Lipinski definition) is 2. The first-order valence-corrected chi connectivity index (χ1v) is 4.80. The zero-order chi connectivity index (χ0) is 9.80. The van der Waals surface area contributed by atoms with Crippen LogP contribution < -0.4 is 11.1 Å². The molecule has 74 valence electrons. The van der Waals surface area contributed by atoms with Gasteiger partial charge in [0.1, 0.15) is 0 Å². The van der Waals surface area contributed by atoms with Gasteiger partial charge in [-0.2, -0.15) is 0 Å². The number of nitrogens with one attached hydrogen (secondary N) is 1. The van der Waals surface area contributed by atoms with Crippen LogP contribution >= 0.6 is 0 Å². The second kappa shape index (κ2) is 4.15. The van der Waals surface area contributed by atoms with Crippen LogP contribution in [0.25, 0.3) is 0 Å². The molecular formula is C11H15N3. The first-order valence-electron chi connectivity index (χ1n) is 4.80. The van der Waals surface area contributed by atoms with E-state index in [1.807, 2.05) is 12.1 Å². The molecule has 0 atom stereocenters. The third-order valence-electron chi connectivity index (χ3n) is 2.33. The lowest BCUT2D eigenvalue weighted by molar-refractivity contribution is 0.265. The van der Waals surface area contributed by atoms with Crippen LogP contribution in [0.5, 0.6) is 0 Å². The van der Waals surface area contributed by atoms with Gasteiger partial charge in [-0.05, 0) is 11.6 Å². The molecule has 0 unspecified atom stereocenters. The molecule has 1 aliphatic heterocycles. The summed E-state index contributed by atoms with van der Waals surface area (Å²) in [6.45, 7) is 2.72. The monoisotopic (exact) mass is 189 g/mol. The number of benzene rings is 1. The van der Waals surface area contributed by atoms with Gasteiger partial charge in [0.2, 0.25) is 0 Å². The normalized spacial score (nSPS) is 17.3. The predicted octanol–water partition coefficient (Wildman–Crippen LogP) is 0.849. The van der Waals surface area contributed by atoms with E-state index in [0.717, 1.165) is 25.6 Å². The number of hydrogen-bond acceptors (Lipinski definition) is 3. The Balaban J connectivity index is 1.93. The van der Waals surface area contributed by atoms with Gasteiger partial charge in [-0.3, -0.25) is 4.90 Å². The molecule has 3 N–H and O–H groups in total. The molecule has 0 saturated carbocycles. The lowest BCUT2D eigenvalue weighted by Gasteiger charge is -2.26. The zero-order valence-corrected chi connectivity index (χ0v) is 8.11. The molecule has 1 aliphatic rings. The highest BCUT2D eigenvalue weighted by Crippen LogP contribution is 2.05. The van der Waals surface area contributed by atoms with Crippen LogP contribution in [0.3, 0.4) is 0 Å². The van der Waals surface area contributed by atoms with Crippen molar-refractivity contribution in [2.75, 3.05) is 13.2 Å². The van der Waals surface area contributed by atoms with Crippen LogP contribution in [0.1, 0.15) is 5.56 Å². The van der Waals surface area contributed by atoms with Gasteiger partial charge >= 0.3 is 0 Å². The fourth-order valence-corrected chi connectivity index (χ4v) is 1.53. The number of nitrogens with zero attached hydrogens (tertiary/aromatic N) is 1. The van der Waals surface area contributed by atoms with E-state index in [2.05, 4.69) is 34.5 Å². The molecule has 0 saturated heterocycles. The molecule has 1 heterocycles. The van der Waals surface area contributed by atoms with Crippen molar-refractivity contribution in [1.82, 2.24) is 10.2 Å². The van der Waals surface area contributed by atoms with E-state index in [1.54, 1.807) is 0 Å². The van der Waals surface area contributed by atoms with E-state index >= 15 is 0 Å². The third kappa shape index (κ3) is 2.26. The third-order valence-corrected chi connectivity index (χ3v) is 2.33. The van der Waals surface area contributed by atoms with Crippen molar-refractivity contribution >= 4 is 0 Å². The maximum Gasteiger partial charge on any atom is 0.0942 e. The molecule has 3 heteroatoms. The predicted molar refractivity (Wildman–Crippen MR) is 57.1 cm³/mol. The van der Waals surface area contributed by atoms with Gasteiger partial charge in [-0.25, -0.2) is 0 Å². The van der Waals surface area contributed by atoms with Crippen molar-refractivity contribution in [3.63, 3.8) is 0 Å². The number of nitrogens with two attached hydrogens (primary N) is 1. The van der Waals surface area contributed by atoms with Crippen molar-refractivity contribution in [3.8, 4) is 0 Å². The van der Waals surface area contributed by atoms with Crippen LogP contribution in [0.15, 0.2) is 42.2 Å². The molecule has 0 aliphatic carbocycles. The van der Waals surface area contributed by atoms with Crippen molar-refractivity contribution in [2.45, 2.75) is 6.54 Å². The van der Waals surface area contributed by atoms with Crippen LogP contribution in [0.2, 0.25) is 0 Å². The first kappa shape index (κ1) is 9.09. The van der Waals surface area contributed by atoms with E-state index < -0.39 is 0 Å². The Morgan fingerprint density at radius 1 is 1.29 bits per heavy atom. The Labute approximate surface area is 84.2 Å². The van der Waals surface area contributed by atoms with Gasteiger partial charge in [0, 0.05) is 13.1 Å². The summed E-state index contributed by atoms with van der Waals surface area (Å²) in [7, 11) is 0. The maximum absolute atomic E-state index is 5.61. The van der Waals surface area contributed by atoms with E-state index in [-0.39, 0.29) is 0 Å². The van der Waals surface area contributed by atoms with E-state index in [9.17, 15) is 0 Å². The second-order valence-electron chi connectivity index (χ2n) is 3.49. The molecule has 14 heavy (non-hydrogen) atoms. The van der Waals surface area contributed by atoms with Crippen molar-refractivity contribution in [3.05, 3.63) is 47.8 Å². The minimum Gasteiger partial charge on any atom is -0.386 e. The molecule has 2 rings (SSSR count). The summed E-state index contributed by atoms with van der Waals surface area (Å²) >= 11 is 0. The Morgan fingerprint density at radius 2 is 2.07 bits per heavy atom. The summed E-state index contributed by atoms with van der Waals surface area (Å²) in [6.07, 6.45) is 2.01. The highest BCUT2D eigenvalue weighted by Gasteiger charge is 2.08. The van der Waals surface area contributed by atoms with E-state index in [0.29, 0.717) is 0 Å². The zero-order valence-electron chi connectivity index (χ0n) is 8.11. The smallest absolute Gasteiger partial charge is 0.0942 e. The van der Waals surface area contributed by atoms with Crippen LogP contribution in [-0.2, 0) is 6.54 Å². The molecule has 0 amide bonds. The highest BCUT2D eigenvalue weighted by molar-refractivity contribution is 5.15. The molecule has 0 bridgehead atoms. The Kier molecular flexibility index (Phi) is 2.70. The molecule has 0 fully saturated rings. The van der Waals surface area contributed by atoms with Gasteiger partial charge < -0.3 is 11.1 Å². The van der Waals surface area contributed by atoms with E-state index in [1.165, 1.54) is 5.56 Å². The molecule has 1 aromatic carbocycles. The Bertz CT molecular complexity index is 319. The van der Waals surface area contributed by atoms with Crippen LogP contribution in [-0.4, -0.2) is 18.1 Å². The minimum atomic E-state index is 0.786. The van der Waals surface area contributed by atoms with Gasteiger partial charge in [0.25, 0.3) is 0 Å². The van der Waals surface area contributed by atoms with Gasteiger partial charge in [0.15, 0.2) is 0 Å². The molecule has 0 aromatic heterocycles. The molecule has 1 aromatic rings. The fourth-order valence-electron chi connectivity index (χ4n) is 1.53. The molecule has 0 radical (unpaired) electrons. The molecule has 0 spiro atoms. The molecule has 3 nitrogen and oxygen atoms in total.